The lowest BCUT2D eigenvalue weighted by molar-refractivity contribution is -0.870. The van der Waals surface area contributed by atoms with Gasteiger partial charge in [-0.15, -0.1) is 0 Å². The topological polar surface area (TPSA) is 108 Å². The van der Waals surface area contributed by atoms with Crippen LogP contribution in [-0.2, 0) is 32.7 Å². The van der Waals surface area contributed by atoms with Crippen molar-refractivity contribution in [1.82, 2.24) is 0 Å². The Labute approximate surface area is 250 Å². The number of carbonyl (C=O) groups is 2. The molecular weight excluding hydrogens is 545 g/mol. The Morgan fingerprint density at radius 2 is 1.24 bits per heavy atom. The summed E-state index contributed by atoms with van der Waals surface area (Å²) in [5.41, 5.74) is 0. The van der Waals surface area contributed by atoms with E-state index in [9.17, 15) is 19.0 Å². The van der Waals surface area contributed by atoms with Gasteiger partial charge in [-0.3, -0.25) is 18.6 Å². The van der Waals surface area contributed by atoms with E-state index in [2.05, 4.69) is 26.0 Å². The molecule has 10 heteroatoms. The number of rotatable bonds is 28. The summed E-state index contributed by atoms with van der Waals surface area (Å²) in [7, 11) is 1.47. The lowest BCUT2D eigenvalue weighted by atomic mass is 10.1. The van der Waals surface area contributed by atoms with Gasteiger partial charge in [-0.05, 0) is 38.5 Å². The van der Waals surface area contributed by atoms with E-state index in [-0.39, 0.29) is 32.0 Å². The maximum Gasteiger partial charge on any atom is 0.472 e. The van der Waals surface area contributed by atoms with Gasteiger partial charge in [-0.1, -0.05) is 83.8 Å². The van der Waals surface area contributed by atoms with Crippen molar-refractivity contribution in [2.45, 2.75) is 129 Å². The number of ether oxygens (including phenoxy) is 2. The smallest absolute Gasteiger partial charge is 0.462 e. The van der Waals surface area contributed by atoms with Gasteiger partial charge in [0, 0.05) is 12.8 Å². The first-order valence-corrected chi connectivity index (χ1v) is 17.4. The highest BCUT2D eigenvalue weighted by atomic mass is 31.2. The van der Waals surface area contributed by atoms with E-state index in [1.165, 1.54) is 25.7 Å². The number of carbonyl (C=O) groups excluding carboxylic acids is 2. The molecule has 0 aromatic heterocycles. The molecule has 0 amide bonds. The number of hydrogen-bond acceptors (Lipinski definition) is 7. The molecule has 0 bridgehead atoms. The normalized spacial score (nSPS) is 14.2. The van der Waals surface area contributed by atoms with E-state index < -0.39 is 26.5 Å². The highest BCUT2D eigenvalue weighted by molar-refractivity contribution is 7.47. The monoisotopic (exact) mass is 606 g/mol. The maximum absolute atomic E-state index is 12.5. The summed E-state index contributed by atoms with van der Waals surface area (Å²) < 4.78 is 33.8. The van der Waals surface area contributed by atoms with E-state index in [0.717, 1.165) is 64.2 Å². The first-order chi connectivity index (χ1) is 19.5. The van der Waals surface area contributed by atoms with Crippen LogP contribution in [0.15, 0.2) is 12.2 Å². The van der Waals surface area contributed by atoms with Crippen molar-refractivity contribution in [2.75, 3.05) is 47.5 Å². The van der Waals surface area contributed by atoms with Gasteiger partial charge in [-0.25, -0.2) is 4.57 Å². The number of esters is 2. The largest absolute Gasteiger partial charge is 0.472 e. The van der Waals surface area contributed by atoms with Crippen molar-refractivity contribution >= 4 is 19.8 Å². The second kappa shape index (κ2) is 25.3. The van der Waals surface area contributed by atoms with E-state index in [1.807, 2.05) is 21.1 Å². The van der Waals surface area contributed by atoms with Crippen LogP contribution in [0.2, 0.25) is 0 Å². The Kier molecular flexibility index (Phi) is 24.5. The molecule has 0 fully saturated rings. The highest BCUT2D eigenvalue weighted by Crippen LogP contribution is 2.43. The molecule has 2 atom stereocenters. The van der Waals surface area contributed by atoms with Crippen LogP contribution in [0.1, 0.15) is 123 Å². The first-order valence-electron chi connectivity index (χ1n) is 15.9. The molecule has 0 saturated heterocycles. The van der Waals surface area contributed by atoms with Crippen LogP contribution in [0.25, 0.3) is 0 Å². The highest BCUT2D eigenvalue weighted by Gasteiger charge is 2.27. The zero-order chi connectivity index (χ0) is 30.8. The molecule has 41 heavy (non-hydrogen) atoms. The lowest BCUT2D eigenvalue weighted by Gasteiger charge is -2.24. The van der Waals surface area contributed by atoms with E-state index in [0.29, 0.717) is 17.4 Å². The number of allylic oxidation sites excluding steroid dienone is 2. The van der Waals surface area contributed by atoms with Gasteiger partial charge in [0.15, 0.2) is 6.10 Å². The number of phosphoric ester groups is 1. The van der Waals surface area contributed by atoms with Crippen molar-refractivity contribution in [3.8, 4) is 0 Å². The molecule has 2 unspecified atom stereocenters. The molecule has 9 nitrogen and oxygen atoms in total. The van der Waals surface area contributed by atoms with Gasteiger partial charge < -0.3 is 18.9 Å². The number of nitrogens with zero attached hydrogens (tertiary/aromatic N) is 1. The third-order valence-corrected chi connectivity index (χ3v) is 7.53. The summed E-state index contributed by atoms with van der Waals surface area (Å²) >= 11 is 0. The van der Waals surface area contributed by atoms with Gasteiger partial charge in [0.25, 0.3) is 0 Å². The van der Waals surface area contributed by atoms with Gasteiger partial charge in [-0.2, -0.15) is 0 Å². The molecule has 0 rings (SSSR count). The number of phosphoric acid groups is 1. The molecule has 0 spiro atoms. The zero-order valence-corrected chi connectivity index (χ0v) is 27.7. The Morgan fingerprint density at radius 3 is 1.85 bits per heavy atom. The Morgan fingerprint density at radius 1 is 0.732 bits per heavy atom. The molecule has 242 valence electrons. The summed E-state index contributed by atoms with van der Waals surface area (Å²) in [5.74, 6) is -0.826. The molecule has 0 radical (unpaired) electrons. The third-order valence-electron chi connectivity index (χ3n) is 6.55. The fourth-order valence-corrected chi connectivity index (χ4v) is 4.69. The number of hydrogen-bond donors (Lipinski definition) is 1. The van der Waals surface area contributed by atoms with Gasteiger partial charge in [0.05, 0.1) is 27.7 Å². The summed E-state index contributed by atoms with van der Waals surface area (Å²) in [6.45, 7) is 4.26. The predicted octanol–water partition coefficient (Wildman–Crippen LogP) is 7.51. The van der Waals surface area contributed by atoms with Crippen LogP contribution in [-0.4, -0.2) is 74.9 Å². The van der Waals surface area contributed by atoms with Crippen LogP contribution in [0, 0.1) is 0 Å². The SMILES string of the molecule is CCCCC/C=C\CCCCCCCC(=O)OC(COC(=O)CCCCCCC)COP(=O)(O)OCC[N+](C)(C)C. The fraction of sp³-hybridized carbons (Fsp3) is 0.871. The Bertz CT molecular complexity index is 738. The number of quaternary nitrogens is 1. The minimum atomic E-state index is -4.35. The molecule has 0 aliphatic carbocycles. The molecule has 0 aromatic carbocycles. The Balaban J connectivity index is 4.49. The van der Waals surface area contributed by atoms with Crippen LogP contribution < -0.4 is 0 Å². The predicted molar refractivity (Wildman–Crippen MR) is 164 cm³/mol. The summed E-state index contributed by atoms with van der Waals surface area (Å²) in [5, 5.41) is 0. The number of unbranched alkanes of at least 4 members (excludes halogenated alkanes) is 12. The van der Waals surface area contributed by atoms with Crippen molar-refractivity contribution in [3.05, 3.63) is 12.2 Å². The van der Waals surface area contributed by atoms with Crippen LogP contribution in [0.5, 0.6) is 0 Å². The third kappa shape index (κ3) is 28.6. The molecule has 0 aliphatic heterocycles. The average Bonchev–Trinajstić information content (AvgIpc) is 2.90. The zero-order valence-electron chi connectivity index (χ0n) is 26.8. The summed E-state index contributed by atoms with van der Waals surface area (Å²) in [4.78, 5) is 34.7. The number of likely N-dealkylation sites (N-methyl/N-ethyl adjacent to an activating group) is 1. The molecule has 0 heterocycles. The van der Waals surface area contributed by atoms with Crippen molar-refractivity contribution in [1.29, 1.82) is 0 Å². The van der Waals surface area contributed by atoms with Gasteiger partial charge in [0.1, 0.15) is 19.8 Å². The Hall–Kier alpha value is -1.25. The van der Waals surface area contributed by atoms with Crippen LogP contribution in [0.4, 0.5) is 0 Å². The standard InChI is InChI=1S/C31H60NO8P/c1-6-8-10-12-13-14-15-16-17-18-20-22-24-31(34)40-29(27-37-30(33)23-21-19-11-9-7-2)28-39-41(35,36)38-26-25-32(3,4)5/h13-14,29H,6-12,15-28H2,1-5H3/p+1/b14-13-. The minimum absolute atomic E-state index is 0.0317. The molecule has 0 aromatic rings. The quantitative estimate of drug-likeness (QED) is 0.0321. The van der Waals surface area contributed by atoms with Crippen molar-refractivity contribution in [2.24, 2.45) is 0 Å². The molecule has 0 saturated carbocycles. The summed E-state index contributed by atoms with van der Waals surface area (Å²) in [6.07, 6.45) is 20.1. The first kappa shape index (κ1) is 39.8. The fourth-order valence-electron chi connectivity index (χ4n) is 3.95. The second-order valence-electron chi connectivity index (χ2n) is 11.8. The van der Waals surface area contributed by atoms with Gasteiger partial charge in [0.2, 0.25) is 0 Å². The molecule has 1 N–H and O–H groups in total. The average molecular weight is 607 g/mol. The molecular formula is C31H61NO8P+. The maximum atomic E-state index is 12.5. The van der Waals surface area contributed by atoms with E-state index in [1.54, 1.807) is 0 Å². The minimum Gasteiger partial charge on any atom is -0.462 e. The summed E-state index contributed by atoms with van der Waals surface area (Å²) in [6, 6.07) is 0. The van der Waals surface area contributed by atoms with Crippen molar-refractivity contribution in [3.63, 3.8) is 0 Å². The lowest BCUT2D eigenvalue weighted by Crippen LogP contribution is -2.37. The van der Waals surface area contributed by atoms with E-state index in [4.69, 9.17) is 18.5 Å². The second-order valence-corrected chi connectivity index (χ2v) is 13.3. The van der Waals surface area contributed by atoms with E-state index >= 15 is 0 Å². The molecule has 0 aliphatic rings. The van der Waals surface area contributed by atoms with Crippen LogP contribution in [0.3, 0.4) is 0 Å². The van der Waals surface area contributed by atoms with Gasteiger partial charge >= 0.3 is 19.8 Å². The van der Waals surface area contributed by atoms with Crippen molar-refractivity contribution < 1.29 is 42.1 Å². The van der Waals surface area contributed by atoms with Crippen LogP contribution >= 0.6 is 7.82 Å².